The van der Waals surface area contributed by atoms with Crippen molar-refractivity contribution in [2.75, 3.05) is 13.7 Å². The Hall–Kier alpha value is -2.54. The third kappa shape index (κ3) is 7.26. The Kier molecular flexibility index (Phi) is 10.0. The highest BCUT2D eigenvalue weighted by molar-refractivity contribution is 9.10. The van der Waals surface area contributed by atoms with E-state index in [1.807, 2.05) is 56.3 Å². The van der Waals surface area contributed by atoms with Crippen LogP contribution in [0, 0.1) is 0 Å². The van der Waals surface area contributed by atoms with Crippen LogP contribution in [-0.2, 0) is 22.6 Å². The highest BCUT2D eigenvalue weighted by atomic mass is 79.9. The number of amides is 2. The van der Waals surface area contributed by atoms with Gasteiger partial charge in [-0.25, -0.2) is 0 Å². The number of halogens is 1. The number of nitrogens with one attached hydrogen (secondary N) is 1. The Bertz CT molecular complexity index is 919. The summed E-state index contributed by atoms with van der Waals surface area (Å²) in [5, 5.41) is 2.96. The number of carbonyl (C=O) groups is 2. The number of carbonyl (C=O) groups excluding carboxylic acids is 2. The monoisotopic (exact) mass is 504 g/mol. The molecule has 2 aromatic rings. The van der Waals surface area contributed by atoms with Gasteiger partial charge in [-0.15, -0.1) is 0 Å². The van der Waals surface area contributed by atoms with Gasteiger partial charge in [0.05, 0.1) is 11.6 Å². The molecule has 1 N–H and O–H groups in total. The molecule has 174 valence electrons. The van der Waals surface area contributed by atoms with E-state index < -0.39 is 6.04 Å². The van der Waals surface area contributed by atoms with E-state index in [0.717, 1.165) is 22.9 Å². The topological polar surface area (TPSA) is 67.9 Å². The molecule has 0 aliphatic rings. The van der Waals surface area contributed by atoms with Crippen LogP contribution in [0.25, 0.3) is 0 Å². The van der Waals surface area contributed by atoms with Crippen LogP contribution in [0.4, 0.5) is 0 Å². The van der Waals surface area contributed by atoms with Crippen molar-refractivity contribution in [2.24, 2.45) is 0 Å². The number of nitrogens with zero attached hydrogens (tertiary/aromatic N) is 1. The van der Waals surface area contributed by atoms with Crippen LogP contribution in [0.2, 0.25) is 0 Å². The minimum atomic E-state index is -0.655. The first kappa shape index (κ1) is 25.7. The van der Waals surface area contributed by atoms with Gasteiger partial charge >= 0.3 is 0 Å². The van der Waals surface area contributed by atoms with E-state index in [2.05, 4.69) is 28.2 Å². The van der Waals surface area contributed by atoms with Gasteiger partial charge in [-0.1, -0.05) is 32.0 Å². The fourth-order valence-corrected chi connectivity index (χ4v) is 3.66. The van der Waals surface area contributed by atoms with Crippen molar-refractivity contribution in [1.29, 1.82) is 0 Å². The predicted molar refractivity (Wildman–Crippen MR) is 130 cm³/mol. The van der Waals surface area contributed by atoms with Gasteiger partial charge in [-0.3, -0.25) is 9.59 Å². The van der Waals surface area contributed by atoms with Crippen LogP contribution in [0.15, 0.2) is 46.9 Å². The molecule has 0 aliphatic carbocycles. The molecule has 0 heterocycles. The summed E-state index contributed by atoms with van der Waals surface area (Å²) < 4.78 is 11.9. The summed E-state index contributed by atoms with van der Waals surface area (Å²) >= 11 is 3.50. The molecule has 0 radical (unpaired) electrons. The van der Waals surface area contributed by atoms with E-state index in [4.69, 9.17) is 9.47 Å². The SMILES string of the molecule is CCc1ccc(OCC(=O)N(Cc2cccc(OC)c2)C(C)C(=O)NC(C)CC)c(Br)c1. The molecule has 2 unspecified atom stereocenters. The van der Waals surface area contributed by atoms with E-state index in [0.29, 0.717) is 11.5 Å². The number of aryl methyl sites for hydroxylation is 1. The lowest BCUT2D eigenvalue weighted by atomic mass is 10.1. The summed E-state index contributed by atoms with van der Waals surface area (Å²) in [7, 11) is 1.60. The largest absolute Gasteiger partial charge is 0.497 e. The molecule has 2 amide bonds. The van der Waals surface area contributed by atoms with Crippen molar-refractivity contribution in [3.63, 3.8) is 0 Å². The van der Waals surface area contributed by atoms with Crippen molar-refractivity contribution in [1.82, 2.24) is 10.2 Å². The maximum absolute atomic E-state index is 13.2. The first-order valence-corrected chi connectivity index (χ1v) is 11.7. The first-order valence-electron chi connectivity index (χ1n) is 10.9. The van der Waals surface area contributed by atoms with E-state index in [1.165, 1.54) is 5.56 Å². The Morgan fingerprint density at radius 1 is 1.09 bits per heavy atom. The quantitative estimate of drug-likeness (QED) is 0.480. The molecule has 7 heteroatoms. The summed E-state index contributed by atoms with van der Waals surface area (Å²) in [6, 6.07) is 12.7. The van der Waals surface area contributed by atoms with E-state index in [9.17, 15) is 9.59 Å². The summed E-state index contributed by atoms with van der Waals surface area (Å²) in [5.41, 5.74) is 2.04. The smallest absolute Gasteiger partial charge is 0.261 e. The van der Waals surface area contributed by atoms with E-state index in [1.54, 1.807) is 18.9 Å². The second-order valence-corrected chi connectivity index (χ2v) is 8.63. The van der Waals surface area contributed by atoms with Crippen LogP contribution in [0.1, 0.15) is 45.2 Å². The minimum absolute atomic E-state index is 0.0306. The van der Waals surface area contributed by atoms with Crippen LogP contribution in [-0.4, -0.2) is 42.5 Å². The zero-order valence-electron chi connectivity index (χ0n) is 19.5. The Morgan fingerprint density at radius 3 is 2.47 bits per heavy atom. The molecule has 32 heavy (non-hydrogen) atoms. The number of methoxy groups -OCH3 is 1. The lowest BCUT2D eigenvalue weighted by molar-refractivity contribution is -0.142. The van der Waals surface area contributed by atoms with Gasteiger partial charge in [0.25, 0.3) is 5.91 Å². The van der Waals surface area contributed by atoms with E-state index >= 15 is 0 Å². The van der Waals surface area contributed by atoms with Gasteiger partial charge in [-0.05, 0) is 78.0 Å². The van der Waals surface area contributed by atoms with Gasteiger partial charge < -0.3 is 19.7 Å². The molecule has 0 aliphatic heterocycles. The number of rotatable bonds is 11. The lowest BCUT2D eigenvalue weighted by Crippen LogP contribution is -2.50. The van der Waals surface area contributed by atoms with Crippen molar-refractivity contribution in [3.05, 3.63) is 58.1 Å². The van der Waals surface area contributed by atoms with Crippen LogP contribution in [0.3, 0.4) is 0 Å². The average molecular weight is 505 g/mol. The molecule has 0 bridgehead atoms. The molecule has 2 rings (SSSR count). The third-order valence-electron chi connectivity index (χ3n) is 5.41. The number of hydrogen-bond acceptors (Lipinski definition) is 4. The standard InChI is InChI=1S/C25H33BrN2O4/c1-6-17(3)27-25(30)18(4)28(15-20-9-8-10-21(13-20)31-5)24(29)16-32-23-12-11-19(7-2)14-22(23)26/h8-14,17-18H,6-7,15-16H2,1-5H3,(H,27,30). The fourth-order valence-electron chi connectivity index (χ4n) is 3.12. The second-order valence-electron chi connectivity index (χ2n) is 7.77. The molecule has 0 fully saturated rings. The maximum atomic E-state index is 13.2. The van der Waals surface area contributed by atoms with Crippen LogP contribution < -0.4 is 14.8 Å². The van der Waals surface area contributed by atoms with Crippen molar-refractivity contribution in [2.45, 2.75) is 59.2 Å². The zero-order valence-corrected chi connectivity index (χ0v) is 21.1. The average Bonchev–Trinajstić information content (AvgIpc) is 2.80. The molecule has 0 saturated heterocycles. The van der Waals surface area contributed by atoms with Gasteiger partial charge in [-0.2, -0.15) is 0 Å². The molecule has 2 atom stereocenters. The first-order chi connectivity index (χ1) is 15.3. The molecular weight excluding hydrogens is 472 g/mol. The summed E-state index contributed by atoms with van der Waals surface area (Å²) in [6.07, 6.45) is 1.72. The maximum Gasteiger partial charge on any atom is 0.261 e. The summed E-state index contributed by atoms with van der Waals surface area (Å²) in [4.78, 5) is 27.5. The van der Waals surface area contributed by atoms with Gasteiger partial charge in [0.15, 0.2) is 6.61 Å². The number of hydrogen-bond donors (Lipinski definition) is 1. The molecular formula is C25H33BrN2O4. The Balaban J connectivity index is 2.19. The molecule has 0 aromatic heterocycles. The normalized spacial score (nSPS) is 12.6. The number of benzene rings is 2. The minimum Gasteiger partial charge on any atom is -0.497 e. The van der Waals surface area contributed by atoms with Gasteiger partial charge in [0, 0.05) is 12.6 Å². The Labute approximate surface area is 199 Å². The third-order valence-corrected chi connectivity index (χ3v) is 6.03. The fraction of sp³-hybridized carbons (Fsp3) is 0.440. The lowest BCUT2D eigenvalue weighted by Gasteiger charge is -2.29. The molecule has 0 spiro atoms. The molecule has 6 nitrogen and oxygen atoms in total. The predicted octanol–water partition coefficient (Wildman–Crippen LogP) is 4.73. The molecule has 0 saturated carbocycles. The van der Waals surface area contributed by atoms with Crippen molar-refractivity contribution < 1.29 is 19.1 Å². The van der Waals surface area contributed by atoms with Gasteiger partial charge in [0.2, 0.25) is 5.91 Å². The highest BCUT2D eigenvalue weighted by Gasteiger charge is 2.27. The number of ether oxygens (including phenoxy) is 2. The highest BCUT2D eigenvalue weighted by Crippen LogP contribution is 2.26. The van der Waals surface area contributed by atoms with Crippen molar-refractivity contribution in [3.8, 4) is 11.5 Å². The second kappa shape index (κ2) is 12.5. The molecule has 2 aromatic carbocycles. The van der Waals surface area contributed by atoms with Crippen LogP contribution >= 0.6 is 15.9 Å². The van der Waals surface area contributed by atoms with Gasteiger partial charge in [0.1, 0.15) is 17.5 Å². The summed E-state index contributed by atoms with van der Waals surface area (Å²) in [5.74, 6) is 0.826. The Morgan fingerprint density at radius 2 is 1.84 bits per heavy atom. The van der Waals surface area contributed by atoms with Crippen LogP contribution in [0.5, 0.6) is 11.5 Å². The summed E-state index contributed by atoms with van der Waals surface area (Å²) in [6.45, 7) is 7.86. The zero-order chi connectivity index (χ0) is 23.7. The van der Waals surface area contributed by atoms with E-state index in [-0.39, 0.29) is 31.0 Å². The van der Waals surface area contributed by atoms with Crippen molar-refractivity contribution >= 4 is 27.7 Å².